The van der Waals surface area contributed by atoms with Gasteiger partial charge in [-0.3, -0.25) is 14.4 Å². The van der Waals surface area contributed by atoms with E-state index in [1.807, 2.05) is 0 Å². The lowest BCUT2D eigenvalue weighted by atomic mass is 10.0. The van der Waals surface area contributed by atoms with Crippen molar-refractivity contribution in [1.82, 2.24) is 0 Å². The molecule has 1 unspecified atom stereocenters. The van der Waals surface area contributed by atoms with E-state index in [1.54, 1.807) is 0 Å². The third-order valence-corrected chi connectivity index (χ3v) is 14.5. The Bertz CT molecular complexity index is 1340. The van der Waals surface area contributed by atoms with Gasteiger partial charge in [-0.25, -0.2) is 0 Å². The minimum atomic E-state index is -0.780. The van der Waals surface area contributed by atoms with Crippen molar-refractivity contribution in [3.8, 4) is 0 Å². The monoisotopic (exact) mass is 1050 g/mol. The third-order valence-electron chi connectivity index (χ3n) is 14.5. The van der Waals surface area contributed by atoms with Gasteiger partial charge in [-0.1, -0.05) is 300 Å². The predicted molar refractivity (Wildman–Crippen MR) is 325 cm³/mol. The molecular formula is C69H124O6. The Morgan fingerprint density at radius 2 is 0.520 bits per heavy atom. The molecule has 0 aliphatic carbocycles. The fraction of sp³-hybridized carbons (Fsp3) is 0.812. The zero-order valence-electron chi connectivity index (χ0n) is 50.1. The molecular weight excluding hydrogens is 925 g/mol. The van der Waals surface area contributed by atoms with Crippen LogP contribution in [0.15, 0.2) is 60.8 Å². The first-order valence-corrected chi connectivity index (χ1v) is 32.8. The van der Waals surface area contributed by atoms with Crippen molar-refractivity contribution in [3.63, 3.8) is 0 Å². The lowest BCUT2D eigenvalue weighted by Gasteiger charge is -2.18. The summed E-state index contributed by atoms with van der Waals surface area (Å²) in [4.78, 5) is 38.4. The average molecular weight is 1050 g/mol. The van der Waals surface area contributed by atoms with Crippen LogP contribution in [0.1, 0.15) is 342 Å². The second-order valence-corrected chi connectivity index (χ2v) is 22.0. The van der Waals surface area contributed by atoms with Crippen molar-refractivity contribution in [2.24, 2.45) is 0 Å². The third kappa shape index (κ3) is 61.8. The largest absolute Gasteiger partial charge is 0.462 e. The van der Waals surface area contributed by atoms with Crippen molar-refractivity contribution < 1.29 is 28.6 Å². The summed E-state index contributed by atoms with van der Waals surface area (Å²) >= 11 is 0. The molecule has 6 heteroatoms. The normalized spacial score (nSPS) is 12.4. The molecule has 436 valence electrons. The summed E-state index contributed by atoms with van der Waals surface area (Å²) < 4.78 is 17.0. The Morgan fingerprint density at radius 3 is 0.813 bits per heavy atom. The molecule has 0 N–H and O–H groups in total. The lowest BCUT2D eigenvalue weighted by molar-refractivity contribution is -0.167. The van der Waals surface area contributed by atoms with Crippen LogP contribution in [0, 0.1) is 0 Å². The number of unbranched alkanes of at least 4 members (excludes halogenated alkanes) is 39. The first-order chi connectivity index (χ1) is 37.0. The zero-order valence-corrected chi connectivity index (χ0v) is 50.1. The highest BCUT2D eigenvalue weighted by Crippen LogP contribution is 2.17. The molecule has 0 aromatic rings. The van der Waals surface area contributed by atoms with Gasteiger partial charge in [0.05, 0.1) is 0 Å². The molecule has 1 atom stereocenters. The van der Waals surface area contributed by atoms with Gasteiger partial charge in [-0.15, -0.1) is 0 Å². The van der Waals surface area contributed by atoms with Crippen LogP contribution in [0.2, 0.25) is 0 Å². The minimum Gasteiger partial charge on any atom is -0.462 e. The highest BCUT2D eigenvalue weighted by atomic mass is 16.6. The Balaban J connectivity index is 4.35. The van der Waals surface area contributed by atoms with E-state index < -0.39 is 6.10 Å². The molecule has 0 aliphatic rings. The molecule has 75 heavy (non-hydrogen) atoms. The van der Waals surface area contributed by atoms with E-state index in [-0.39, 0.29) is 31.1 Å². The van der Waals surface area contributed by atoms with Gasteiger partial charge in [0.15, 0.2) is 6.10 Å². The maximum Gasteiger partial charge on any atom is 0.306 e. The van der Waals surface area contributed by atoms with E-state index >= 15 is 0 Å². The average Bonchev–Trinajstić information content (AvgIpc) is 3.41. The summed E-state index contributed by atoms with van der Waals surface area (Å²) in [6, 6.07) is 0. The van der Waals surface area contributed by atoms with Crippen molar-refractivity contribution in [2.75, 3.05) is 13.2 Å². The second kappa shape index (κ2) is 63.6. The fourth-order valence-electron chi connectivity index (χ4n) is 9.61. The summed E-state index contributed by atoms with van der Waals surface area (Å²) in [5.41, 5.74) is 0. The maximum absolute atomic E-state index is 12.9. The predicted octanol–water partition coefficient (Wildman–Crippen LogP) is 22.3. The number of rotatable bonds is 60. The number of carbonyl (C=O) groups excluding carboxylic acids is 3. The van der Waals surface area contributed by atoms with Crippen LogP contribution in [-0.4, -0.2) is 37.2 Å². The van der Waals surface area contributed by atoms with Gasteiger partial charge in [-0.05, 0) is 83.5 Å². The first-order valence-electron chi connectivity index (χ1n) is 32.8. The number of carbonyl (C=O) groups is 3. The van der Waals surface area contributed by atoms with E-state index in [4.69, 9.17) is 14.2 Å². The van der Waals surface area contributed by atoms with Crippen LogP contribution in [0.3, 0.4) is 0 Å². The maximum atomic E-state index is 12.9. The Labute approximate surface area is 466 Å². The fourth-order valence-corrected chi connectivity index (χ4v) is 9.61. The van der Waals surface area contributed by atoms with Crippen molar-refractivity contribution in [3.05, 3.63) is 60.8 Å². The quantitative estimate of drug-likeness (QED) is 0.0261. The number of allylic oxidation sites excluding steroid dienone is 10. The SMILES string of the molecule is CC/C=C\C/C=C\C/C=C\CCCCCCCCCC(=O)OCC(COC(=O)CCCCCCCCCCC/C=C\C/C=C\CCCCCCC)OC(=O)CCCCCCCCCCCCCCCCCCCCC. The van der Waals surface area contributed by atoms with Gasteiger partial charge < -0.3 is 14.2 Å². The van der Waals surface area contributed by atoms with E-state index in [2.05, 4.69) is 81.5 Å². The lowest BCUT2D eigenvalue weighted by Crippen LogP contribution is -2.30. The van der Waals surface area contributed by atoms with Crippen molar-refractivity contribution in [1.29, 1.82) is 0 Å². The summed E-state index contributed by atoms with van der Waals surface area (Å²) in [5, 5.41) is 0. The molecule has 0 aliphatic heterocycles. The van der Waals surface area contributed by atoms with E-state index in [1.165, 1.54) is 212 Å². The minimum absolute atomic E-state index is 0.0765. The highest BCUT2D eigenvalue weighted by Gasteiger charge is 2.19. The Morgan fingerprint density at radius 1 is 0.280 bits per heavy atom. The van der Waals surface area contributed by atoms with Crippen molar-refractivity contribution in [2.45, 2.75) is 348 Å². The molecule has 0 rings (SSSR count). The molecule has 0 radical (unpaired) electrons. The topological polar surface area (TPSA) is 78.9 Å². The molecule has 0 aromatic carbocycles. The molecule has 0 heterocycles. The molecule has 0 bridgehead atoms. The molecule has 0 amide bonds. The van der Waals surface area contributed by atoms with Crippen LogP contribution in [0.25, 0.3) is 0 Å². The standard InChI is InChI=1S/C69H124O6/c1-4-7-10-13-16-19-22-25-28-31-33-34-36-38-41-44-47-50-53-56-59-62-68(71)74-65-66(64-73-67(70)61-58-55-52-49-46-43-40-37-30-27-24-21-18-15-12-9-6-3)75-69(72)63-60-57-54-51-48-45-42-39-35-32-29-26-23-20-17-14-11-8-5-2/h9,12,18,21-22,25,27,30-31,33,66H,4-8,10-11,13-17,19-20,23-24,26,28-29,32,34-65H2,1-3H3/b12-9-,21-18-,25-22-,30-27-,33-31-. The van der Waals surface area contributed by atoms with E-state index in [0.29, 0.717) is 19.3 Å². The summed E-state index contributed by atoms with van der Waals surface area (Å²) in [7, 11) is 0. The number of ether oxygens (including phenoxy) is 3. The molecule has 0 spiro atoms. The Kier molecular flexibility index (Phi) is 61.2. The summed E-state index contributed by atoms with van der Waals surface area (Å²) in [5.74, 6) is -0.869. The van der Waals surface area contributed by atoms with E-state index in [0.717, 1.165) is 89.9 Å². The smallest absolute Gasteiger partial charge is 0.306 e. The molecule has 0 saturated carbocycles. The number of hydrogen-bond donors (Lipinski definition) is 0. The van der Waals surface area contributed by atoms with Crippen LogP contribution in [0.5, 0.6) is 0 Å². The number of esters is 3. The summed E-state index contributed by atoms with van der Waals surface area (Å²) in [6.45, 7) is 6.56. The molecule has 0 aromatic heterocycles. The van der Waals surface area contributed by atoms with Gasteiger partial charge in [0.2, 0.25) is 0 Å². The van der Waals surface area contributed by atoms with E-state index in [9.17, 15) is 14.4 Å². The number of hydrogen-bond acceptors (Lipinski definition) is 6. The highest BCUT2D eigenvalue weighted by molar-refractivity contribution is 5.71. The van der Waals surface area contributed by atoms with Crippen molar-refractivity contribution >= 4 is 17.9 Å². The van der Waals surface area contributed by atoms with Gasteiger partial charge in [0.25, 0.3) is 0 Å². The molecule has 0 fully saturated rings. The second-order valence-electron chi connectivity index (χ2n) is 22.0. The van der Waals surface area contributed by atoms with Gasteiger partial charge >= 0.3 is 17.9 Å². The van der Waals surface area contributed by atoms with Gasteiger partial charge in [-0.2, -0.15) is 0 Å². The van der Waals surface area contributed by atoms with Gasteiger partial charge in [0.1, 0.15) is 13.2 Å². The molecule has 6 nitrogen and oxygen atoms in total. The summed E-state index contributed by atoms with van der Waals surface area (Å²) in [6.07, 6.45) is 80.8. The van der Waals surface area contributed by atoms with Crippen LogP contribution in [0.4, 0.5) is 0 Å². The molecule has 0 saturated heterocycles. The van der Waals surface area contributed by atoms with Gasteiger partial charge in [0, 0.05) is 19.3 Å². The van der Waals surface area contributed by atoms with Crippen LogP contribution < -0.4 is 0 Å². The Hall–Kier alpha value is -2.89. The zero-order chi connectivity index (χ0) is 54.3. The van der Waals surface area contributed by atoms with Crippen LogP contribution in [-0.2, 0) is 28.6 Å². The first kappa shape index (κ1) is 72.1. The van der Waals surface area contributed by atoms with Crippen LogP contribution >= 0.6 is 0 Å².